The average Bonchev–Trinajstić information content (AvgIpc) is 2.01. The SMILES string of the molecule is C=C(C)C(=O)OC(F)(F)C(F)CC. The minimum Gasteiger partial charge on any atom is -0.395 e. The number of esters is 1. The molecule has 13 heavy (non-hydrogen) atoms. The van der Waals surface area contributed by atoms with Gasteiger partial charge in [0.05, 0.1) is 0 Å². The zero-order valence-corrected chi connectivity index (χ0v) is 7.44. The highest BCUT2D eigenvalue weighted by molar-refractivity contribution is 5.87. The largest absolute Gasteiger partial charge is 0.432 e. The van der Waals surface area contributed by atoms with E-state index in [4.69, 9.17) is 0 Å². The molecule has 0 bridgehead atoms. The monoisotopic (exact) mass is 196 g/mol. The number of ether oxygens (including phenoxy) is 1. The van der Waals surface area contributed by atoms with E-state index in [-0.39, 0.29) is 5.57 Å². The van der Waals surface area contributed by atoms with Gasteiger partial charge in [0, 0.05) is 5.57 Å². The van der Waals surface area contributed by atoms with E-state index < -0.39 is 24.7 Å². The highest BCUT2D eigenvalue weighted by Gasteiger charge is 2.43. The van der Waals surface area contributed by atoms with E-state index >= 15 is 0 Å². The summed E-state index contributed by atoms with van der Waals surface area (Å²) < 4.78 is 41.2. The second-order valence-corrected chi connectivity index (χ2v) is 2.61. The highest BCUT2D eigenvalue weighted by Crippen LogP contribution is 2.26. The Balaban J connectivity index is 4.33. The summed E-state index contributed by atoms with van der Waals surface area (Å²) in [6.45, 7) is 5.53. The molecule has 0 saturated heterocycles. The van der Waals surface area contributed by atoms with Crippen LogP contribution in [-0.2, 0) is 9.53 Å². The van der Waals surface area contributed by atoms with Crippen molar-refractivity contribution in [2.45, 2.75) is 32.5 Å². The Hall–Kier alpha value is -1.00. The van der Waals surface area contributed by atoms with Crippen molar-refractivity contribution in [1.29, 1.82) is 0 Å². The Morgan fingerprint density at radius 2 is 2.08 bits per heavy atom. The molecule has 1 unspecified atom stereocenters. The van der Waals surface area contributed by atoms with Gasteiger partial charge in [-0.2, -0.15) is 8.78 Å². The summed E-state index contributed by atoms with van der Waals surface area (Å²) >= 11 is 0. The van der Waals surface area contributed by atoms with Gasteiger partial charge >= 0.3 is 12.1 Å². The molecule has 0 fully saturated rings. The first-order chi connectivity index (χ1) is 5.81. The van der Waals surface area contributed by atoms with Crippen LogP contribution in [0.5, 0.6) is 0 Å². The van der Waals surface area contributed by atoms with Crippen LogP contribution in [0.1, 0.15) is 20.3 Å². The summed E-state index contributed by atoms with van der Waals surface area (Å²) in [5.74, 6) is -1.29. The molecule has 2 nitrogen and oxygen atoms in total. The van der Waals surface area contributed by atoms with E-state index in [0.29, 0.717) is 0 Å². The van der Waals surface area contributed by atoms with E-state index in [9.17, 15) is 18.0 Å². The Morgan fingerprint density at radius 3 is 2.38 bits per heavy atom. The van der Waals surface area contributed by atoms with Crippen molar-refractivity contribution in [3.8, 4) is 0 Å². The molecule has 1 atom stereocenters. The normalized spacial score (nSPS) is 13.6. The molecule has 0 N–H and O–H groups in total. The van der Waals surface area contributed by atoms with E-state index in [1.54, 1.807) is 0 Å². The predicted molar refractivity (Wildman–Crippen MR) is 41.0 cm³/mol. The standard InChI is InChI=1S/C8H11F3O2/c1-4-6(9)8(10,11)13-7(12)5(2)3/h6H,2,4H2,1,3H3. The van der Waals surface area contributed by atoms with Crippen molar-refractivity contribution >= 4 is 5.97 Å². The zero-order chi connectivity index (χ0) is 10.6. The second-order valence-electron chi connectivity index (χ2n) is 2.61. The lowest BCUT2D eigenvalue weighted by Crippen LogP contribution is -2.35. The van der Waals surface area contributed by atoms with Gasteiger partial charge in [-0.1, -0.05) is 13.5 Å². The maximum Gasteiger partial charge on any atom is 0.432 e. The molecule has 0 heterocycles. The van der Waals surface area contributed by atoms with Gasteiger partial charge in [-0.25, -0.2) is 9.18 Å². The van der Waals surface area contributed by atoms with Gasteiger partial charge in [0.25, 0.3) is 0 Å². The Kier molecular flexibility index (Phi) is 3.97. The molecule has 0 saturated carbocycles. The third-order valence-corrected chi connectivity index (χ3v) is 1.30. The summed E-state index contributed by atoms with van der Waals surface area (Å²) in [7, 11) is 0. The molecule has 0 radical (unpaired) electrons. The molecule has 0 amide bonds. The van der Waals surface area contributed by atoms with Crippen molar-refractivity contribution in [3.05, 3.63) is 12.2 Å². The third-order valence-electron chi connectivity index (χ3n) is 1.30. The molecule has 76 valence electrons. The Bertz CT molecular complexity index is 213. The lowest BCUT2D eigenvalue weighted by atomic mass is 10.3. The summed E-state index contributed by atoms with van der Waals surface area (Å²) in [4.78, 5) is 10.6. The minimum atomic E-state index is -4.06. The van der Waals surface area contributed by atoms with Crippen molar-refractivity contribution in [3.63, 3.8) is 0 Å². The van der Waals surface area contributed by atoms with E-state index in [1.807, 2.05) is 0 Å². The molecule has 0 aromatic rings. The lowest BCUT2D eigenvalue weighted by Gasteiger charge is -2.19. The number of halogens is 3. The highest BCUT2D eigenvalue weighted by atomic mass is 19.3. The number of hydrogen-bond donors (Lipinski definition) is 0. The lowest BCUT2D eigenvalue weighted by molar-refractivity contribution is -0.258. The quantitative estimate of drug-likeness (QED) is 0.510. The first-order valence-corrected chi connectivity index (χ1v) is 3.72. The second kappa shape index (κ2) is 4.30. The summed E-state index contributed by atoms with van der Waals surface area (Å²) in [6, 6.07) is 0. The van der Waals surface area contributed by atoms with Crippen LogP contribution in [0.3, 0.4) is 0 Å². The Morgan fingerprint density at radius 1 is 1.62 bits per heavy atom. The van der Waals surface area contributed by atoms with Crippen molar-refractivity contribution < 1.29 is 22.7 Å². The van der Waals surface area contributed by atoms with Crippen LogP contribution < -0.4 is 0 Å². The number of carbonyl (C=O) groups excluding carboxylic acids is 1. The molecule has 5 heteroatoms. The van der Waals surface area contributed by atoms with Crippen LogP contribution in [0.25, 0.3) is 0 Å². The van der Waals surface area contributed by atoms with Crippen molar-refractivity contribution in [2.75, 3.05) is 0 Å². The van der Waals surface area contributed by atoms with E-state index in [1.165, 1.54) is 13.8 Å². The van der Waals surface area contributed by atoms with Gasteiger partial charge in [0.1, 0.15) is 0 Å². The summed E-state index contributed by atoms with van der Waals surface area (Å²) in [6.07, 6.45) is -6.96. The first kappa shape index (κ1) is 12.0. The van der Waals surface area contributed by atoms with Crippen molar-refractivity contribution in [2.24, 2.45) is 0 Å². The van der Waals surface area contributed by atoms with Crippen LogP contribution in [0, 0.1) is 0 Å². The number of rotatable bonds is 4. The minimum absolute atomic E-state index is 0.192. The summed E-state index contributed by atoms with van der Waals surface area (Å²) in [5.41, 5.74) is -0.192. The molecule has 0 rings (SSSR count). The molecular formula is C8H11F3O2. The van der Waals surface area contributed by atoms with Gasteiger partial charge < -0.3 is 4.74 Å². The first-order valence-electron chi connectivity index (χ1n) is 3.72. The van der Waals surface area contributed by atoms with Gasteiger partial charge in [-0.3, -0.25) is 0 Å². The third kappa shape index (κ3) is 3.48. The number of hydrogen-bond acceptors (Lipinski definition) is 2. The molecule has 0 aliphatic rings. The maximum atomic E-state index is 12.6. The van der Waals surface area contributed by atoms with Crippen LogP contribution >= 0.6 is 0 Å². The topological polar surface area (TPSA) is 26.3 Å². The fourth-order valence-electron chi connectivity index (χ4n) is 0.512. The number of alkyl halides is 3. The molecule has 0 spiro atoms. The average molecular weight is 196 g/mol. The molecule has 0 aliphatic carbocycles. The molecule has 0 aromatic carbocycles. The smallest absolute Gasteiger partial charge is 0.395 e. The predicted octanol–water partition coefficient (Wildman–Crippen LogP) is 2.45. The van der Waals surface area contributed by atoms with Gasteiger partial charge in [0.2, 0.25) is 6.17 Å². The fraction of sp³-hybridized carbons (Fsp3) is 0.625. The van der Waals surface area contributed by atoms with Crippen LogP contribution in [0.15, 0.2) is 12.2 Å². The van der Waals surface area contributed by atoms with Crippen LogP contribution in [0.2, 0.25) is 0 Å². The van der Waals surface area contributed by atoms with Crippen LogP contribution in [-0.4, -0.2) is 18.2 Å². The van der Waals surface area contributed by atoms with E-state index in [0.717, 1.165) is 0 Å². The van der Waals surface area contributed by atoms with Crippen molar-refractivity contribution in [1.82, 2.24) is 0 Å². The van der Waals surface area contributed by atoms with Crippen LogP contribution in [0.4, 0.5) is 13.2 Å². The fourth-order valence-corrected chi connectivity index (χ4v) is 0.512. The molecular weight excluding hydrogens is 185 g/mol. The molecule has 0 aliphatic heterocycles. The maximum absolute atomic E-state index is 12.6. The number of carbonyl (C=O) groups is 1. The Labute approximate surface area is 74.4 Å². The van der Waals surface area contributed by atoms with Gasteiger partial charge in [-0.15, -0.1) is 0 Å². The van der Waals surface area contributed by atoms with Gasteiger partial charge in [-0.05, 0) is 13.3 Å². The molecule has 0 aromatic heterocycles. The summed E-state index contributed by atoms with van der Waals surface area (Å²) in [5, 5.41) is 0. The van der Waals surface area contributed by atoms with Gasteiger partial charge in [0.15, 0.2) is 0 Å². The zero-order valence-electron chi connectivity index (χ0n) is 7.44. The van der Waals surface area contributed by atoms with E-state index in [2.05, 4.69) is 11.3 Å².